The number of Topliss-reactive ketones (excluding diaryl/α,β-unsaturated/α-hetero) is 1. The molecule has 2 aliphatic carbocycles. The van der Waals surface area contributed by atoms with Crippen molar-refractivity contribution in [1.29, 1.82) is 0 Å². The van der Waals surface area contributed by atoms with Crippen LogP contribution in [0.2, 0.25) is 0 Å². The molecule has 2 aromatic rings. The van der Waals surface area contributed by atoms with Crippen molar-refractivity contribution in [3.63, 3.8) is 0 Å². The Morgan fingerprint density at radius 1 is 1.11 bits per heavy atom. The molecule has 3 fully saturated rings. The number of amidine groups is 1. The molecule has 2 N–H and O–H groups in total. The molecule has 1 amide bonds. The molecule has 0 spiro atoms. The van der Waals surface area contributed by atoms with Crippen LogP contribution >= 0.6 is 0 Å². The highest BCUT2D eigenvalue weighted by molar-refractivity contribution is 7.92. The molecule has 2 heterocycles. The van der Waals surface area contributed by atoms with Gasteiger partial charge in [0, 0.05) is 24.2 Å². The van der Waals surface area contributed by atoms with Crippen LogP contribution in [0.4, 0.5) is 11.4 Å². The molecule has 12 heteroatoms. The van der Waals surface area contributed by atoms with E-state index < -0.39 is 31.9 Å². The molecular formula is C26H28N4O6S2. The number of amides is 1. The Balaban J connectivity index is 1.39. The van der Waals surface area contributed by atoms with Gasteiger partial charge in [-0.15, -0.1) is 4.40 Å². The van der Waals surface area contributed by atoms with Gasteiger partial charge in [-0.2, -0.15) is 8.42 Å². The van der Waals surface area contributed by atoms with Crippen molar-refractivity contribution in [3.05, 3.63) is 53.6 Å². The van der Waals surface area contributed by atoms with Crippen molar-refractivity contribution in [2.45, 2.75) is 43.7 Å². The van der Waals surface area contributed by atoms with E-state index in [0.29, 0.717) is 6.54 Å². The number of hydrogen-bond donors (Lipinski definition) is 2. The average Bonchev–Trinajstić information content (AvgIpc) is 3.44. The lowest BCUT2D eigenvalue weighted by Crippen LogP contribution is -2.61. The highest BCUT2D eigenvalue weighted by Gasteiger charge is 2.60. The number of carbonyl (C=O) groups excluding carboxylic acids is 2. The molecule has 1 unspecified atom stereocenters. The maximum absolute atomic E-state index is 14.0. The molecule has 2 bridgehead atoms. The Bertz CT molecular complexity index is 1620. The third-order valence-corrected chi connectivity index (χ3v) is 10.2. The maximum atomic E-state index is 14.0. The van der Waals surface area contributed by atoms with Gasteiger partial charge >= 0.3 is 0 Å². The van der Waals surface area contributed by atoms with Gasteiger partial charge in [-0.1, -0.05) is 24.3 Å². The van der Waals surface area contributed by atoms with Crippen molar-refractivity contribution >= 4 is 48.9 Å². The van der Waals surface area contributed by atoms with E-state index in [1.807, 2.05) is 31.2 Å². The number of aryl methyl sites for hydroxylation is 1. The summed E-state index contributed by atoms with van der Waals surface area (Å²) in [4.78, 5) is 29.4. The van der Waals surface area contributed by atoms with Crippen LogP contribution in [0, 0.1) is 30.6 Å². The number of fused-ring (bicyclic) bond motifs is 6. The topological polar surface area (TPSA) is 142 Å². The molecule has 2 aliphatic heterocycles. The molecule has 5 atom stereocenters. The molecule has 1 saturated heterocycles. The second kappa shape index (κ2) is 8.63. The summed E-state index contributed by atoms with van der Waals surface area (Å²) < 4.78 is 55.7. The first kappa shape index (κ1) is 25.1. The number of nitrogens with one attached hydrogen (secondary N) is 2. The van der Waals surface area contributed by atoms with E-state index in [1.54, 1.807) is 4.90 Å². The summed E-state index contributed by atoms with van der Waals surface area (Å²) in [6.45, 7) is 2.32. The molecule has 4 aliphatic rings. The van der Waals surface area contributed by atoms with Gasteiger partial charge in [-0.05, 0) is 67.3 Å². The van der Waals surface area contributed by atoms with E-state index in [-0.39, 0.29) is 51.7 Å². The first-order chi connectivity index (χ1) is 17.9. The predicted octanol–water partition coefficient (Wildman–Crippen LogP) is 2.52. The zero-order valence-electron chi connectivity index (χ0n) is 20.9. The van der Waals surface area contributed by atoms with Crippen LogP contribution in [-0.4, -0.2) is 51.6 Å². The minimum atomic E-state index is -4.31. The number of anilines is 2. The highest BCUT2D eigenvalue weighted by Crippen LogP contribution is 2.54. The van der Waals surface area contributed by atoms with E-state index >= 15 is 0 Å². The molecule has 0 radical (unpaired) electrons. The van der Waals surface area contributed by atoms with E-state index in [0.717, 1.165) is 36.6 Å². The first-order valence-corrected chi connectivity index (χ1v) is 15.9. The second-order valence-electron chi connectivity index (χ2n) is 10.7. The van der Waals surface area contributed by atoms with E-state index in [1.165, 1.54) is 18.2 Å². The van der Waals surface area contributed by atoms with Gasteiger partial charge in [-0.25, -0.2) is 8.42 Å². The third kappa shape index (κ3) is 4.10. The standard InChI is InChI=1S/C26H28N4O6S2/c1-14-5-3-4-6-17(14)13-30-23-16-8-7-15(11-16)21(23)24(31)22(26(30)32)25-27-19-10-9-18(28-37(2,33)34)12-20(19)38(35,36)29-25/h3-6,9-10,12,15-16,21-23,28H,7-8,11,13H2,1-2H3,(H,27,29)/t15-,16+,21-,22?,23+/m1/s1. The number of benzene rings is 2. The van der Waals surface area contributed by atoms with Gasteiger partial charge < -0.3 is 10.2 Å². The summed E-state index contributed by atoms with van der Waals surface area (Å²) in [5.41, 5.74) is 2.22. The van der Waals surface area contributed by atoms with Crippen molar-refractivity contribution in [3.8, 4) is 0 Å². The molecule has 0 aromatic heterocycles. The Hall–Kier alpha value is -3.25. The minimum absolute atomic E-state index is 0.0642. The smallest absolute Gasteiger partial charge is 0.286 e. The third-order valence-electron chi connectivity index (χ3n) is 8.29. The van der Waals surface area contributed by atoms with Gasteiger partial charge in [-0.3, -0.25) is 14.3 Å². The van der Waals surface area contributed by atoms with Crippen LogP contribution in [0.15, 0.2) is 51.8 Å². The van der Waals surface area contributed by atoms with Crippen LogP contribution in [0.3, 0.4) is 0 Å². The lowest BCUT2D eigenvalue weighted by Gasteiger charge is -2.46. The average molecular weight is 557 g/mol. The number of rotatable bonds is 5. The molecule has 10 nitrogen and oxygen atoms in total. The fraction of sp³-hybridized carbons (Fsp3) is 0.423. The van der Waals surface area contributed by atoms with Crippen LogP contribution < -0.4 is 10.0 Å². The van der Waals surface area contributed by atoms with Gasteiger partial charge in [0.1, 0.15) is 10.7 Å². The SMILES string of the molecule is Cc1ccccc1CN1C(=O)C(C2=NS(=O)(=O)c3cc(NS(C)(=O)=O)ccc3N2)C(=O)[C@@H]2[C@@H]3CC[C@@H](C3)[C@@H]21. The van der Waals surface area contributed by atoms with Crippen molar-refractivity contribution in [1.82, 2.24) is 4.90 Å². The number of piperidine rings is 1. The summed E-state index contributed by atoms with van der Waals surface area (Å²) in [5.74, 6) is -2.18. The van der Waals surface area contributed by atoms with Gasteiger partial charge in [0.2, 0.25) is 15.9 Å². The Kier molecular flexibility index (Phi) is 5.69. The quantitative estimate of drug-likeness (QED) is 0.539. The van der Waals surface area contributed by atoms with Crippen molar-refractivity contribution < 1.29 is 26.4 Å². The van der Waals surface area contributed by atoms with Crippen LogP contribution in [0.25, 0.3) is 0 Å². The number of sulfonamides is 2. The molecule has 6 rings (SSSR count). The summed E-state index contributed by atoms with van der Waals surface area (Å²) in [6, 6.07) is 11.6. The molecule has 38 heavy (non-hydrogen) atoms. The zero-order chi connectivity index (χ0) is 27.0. The Labute approximate surface area is 221 Å². The summed E-state index contributed by atoms with van der Waals surface area (Å²) in [5, 5.41) is 2.92. The second-order valence-corrected chi connectivity index (χ2v) is 14.1. The molecular weight excluding hydrogens is 528 g/mol. The van der Waals surface area contributed by atoms with Crippen LogP contribution in [-0.2, 0) is 36.2 Å². The number of ketones is 1. The number of hydrogen-bond acceptors (Lipinski definition) is 7. The van der Waals surface area contributed by atoms with Gasteiger partial charge in [0.25, 0.3) is 10.0 Å². The highest BCUT2D eigenvalue weighted by atomic mass is 32.2. The lowest BCUT2D eigenvalue weighted by molar-refractivity contribution is -0.153. The van der Waals surface area contributed by atoms with Crippen molar-refractivity contribution in [2.75, 3.05) is 16.3 Å². The van der Waals surface area contributed by atoms with Gasteiger partial charge in [0.15, 0.2) is 11.7 Å². The first-order valence-electron chi connectivity index (χ1n) is 12.6. The van der Waals surface area contributed by atoms with E-state index in [9.17, 15) is 26.4 Å². The van der Waals surface area contributed by atoms with Crippen LogP contribution in [0.5, 0.6) is 0 Å². The normalized spacial score (nSPS) is 29.4. The summed E-state index contributed by atoms with van der Waals surface area (Å²) >= 11 is 0. The predicted molar refractivity (Wildman–Crippen MR) is 141 cm³/mol. The monoisotopic (exact) mass is 556 g/mol. The number of likely N-dealkylation sites (tertiary alicyclic amines) is 1. The molecule has 200 valence electrons. The maximum Gasteiger partial charge on any atom is 0.286 e. The van der Waals surface area contributed by atoms with E-state index in [4.69, 9.17) is 0 Å². The van der Waals surface area contributed by atoms with Crippen molar-refractivity contribution in [2.24, 2.45) is 28.1 Å². The lowest BCUT2D eigenvalue weighted by atomic mass is 9.73. The fourth-order valence-electron chi connectivity index (χ4n) is 6.72. The zero-order valence-corrected chi connectivity index (χ0v) is 22.6. The fourth-order valence-corrected chi connectivity index (χ4v) is 8.46. The van der Waals surface area contributed by atoms with E-state index in [2.05, 4.69) is 14.4 Å². The minimum Gasteiger partial charge on any atom is -0.341 e. The molecule has 2 aromatic carbocycles. The summed E-state index contributed by atoms with van der Waals surface area (Å²) in [6.07, 6.45) is 3.75. The van der Waals surface area contributed by atoms with Crippen LogP contribution in [0.1, 0.15) is 30.4 Å². The summed E-state index contributed by atoms with van der Waals surface area (Å²) in [7, 11) is -7.94. The Morgan fingerprint density at radius 2 is 1.84 bits per heavy atom. The molecule has 2 saturated carbocycles. The number of nitrogens with zero attached hydrogens (tertiary/aromatic N) is 2. The largest absolute Gasteiger partial charge is 0.341 e. The van der Waals surface area contributed by atoms with Gasteiger partial charge in [0.05, 0.1) is 11.9 Å². The Morgan fingerprint density at radius 3 is 2.58 bits per heavy atom. The number of carbonyl (C=O) groups is 2.